The van der Waals surface area contributed by atoms with Crippen LogP contribution < -0.4 is 10.2 Å². The number of aliphatic carboxylic acids is 1. The number of para-hydroxylation sites is 1. The number of anilines is 1. The first kappa shape index (κ1) is 19.3. The second kappa shape index (κ2) is 7.21. The predicted molar refractivity (Wildman–Crippen MR) is 116 cm³/mol. The molecule has 31 heavy (non-hydrogen) atoms. The Hall–Kier alpha value is -3.71. The van der Waals surface area contributed by atoms with E-state index >= 15 is 0 Å². The zero-order valence-electron chi connectivity index (χ0n) is 16.7. The lowest BCUT2D eigenvalue weighted by molar-refractivity contribution is -0.139. The molecule has 0 aliphatic carbocycles. The summed E-state index contributed by atoms with van der Waals surface area (Å²) in [7, 11) is 0. The van der Waals surface area contributed by atoms with Gasteiger partial charge in [-0.15, -0.1) is 0 Å². The smallest absolute Gasteiger partial charge is 0.332 e. The van der Waals surface area contributed by atoms with Crippen LogP contribution in [0.5, 0.6) is 0 Å². The van der Waals surface area contributed by atoms with Crippen LogP contribution >= 0.6 is 0 Å². The molecule has 7 nitrogen and oxygen atoms in total. The van der Waals surface area contributed by atoms with E-state index < -0.39 is 23.6 Å². The summed E-state index contributed by atoms with van der Waals surface area (Å²) in [6.45, 7) is 0.311. The Bertz CT molecular complexity index is 1190. The van der Waals surface area contributed by atoms with E-state index in [1.54, 1.807) is 29.2 Å². The minimum absolute atomic E-state index is 0.0288. The molecule has 0 aromatic heterocycles. The molecule has 0 bridgehead atoms. The fraction of sp³-hybridized carbons (Fsp3) is 0.208. The molecule has 2 aliphatic rings. The molecule has 5 rings (SSSR count). The molecule has 2 atom stereocenters. The minimum Gasteiger partial charge on any atom is -0.480 e. The van der Waals surface area contributed by atoms with Gasteiger partial charge in [0.25, 0.3) is 5.91 Å². The molecular weight excluding hydrogens is 394 g/mol. The van der Waals surface area contributed by atoms with Crippen molar-refractivity contribution >= 4 is 34.4 Å². The summed E-state index contributed by atoms with van der Waals surface area (Å²) in [5.41, 5.74) is 0.149. The number of amides is 3. The van der Waals surface area contributed by atoms with Crippen LogP contribution in [0, 0.1) is 0 Å². The number of hydrogen-bond donors (Lipinski definition) is 2. The zero-order chi connectivity index (χ0) is 21.6. The number of carbonyl (C=O) groups is 3. The average Bonchev–Trinajstić information content (AvgIpc) is 3.32. The van der Waals surface area contributed by atoms with E-state index in [4.69, 9.17) is 0 Å². The van der Waals surface area contributed by atoms with Crippen LogP contribution in [0.15, 0.2) is 72.8 Å². The summed E-state index contributed by atoms with van der Waals surface area (Å²) in [4.78, 5) is 41.5. The van der Waals surface area contributed by atoms with Crippen LogP contribution in [-0.2, 0) is 16.1 Å². The Balaban J connectivity index is 1.60. The Morgan fingerprint density at radius 3 is 2.45 bits per heavy atom. The van der Waals surface area contributed by atoms with Gasteiger partial charge in [0.05, 0.1) is 5.69 Å². The molecular formula is C24H21N3O4. The third-order valence-corrected chi connectivity index (χ3v) is 6.24. The number of fused-ring (bicyclic) bond motifs is 1. The summed E-state index contributed by atoms with van der Waals surface area (Å²) in [6, 6.07) is 21.2. The second-order valence-electron chi connectivity index (χ2n) is 7.99. The van der Waals surface area contributed by atoms with Crippen molar-refractivity contribution in [2.75, 3.05) is 11.4 Å². The topological polar surface area (TPSA) is 90.0 Å². The number of carboxylic acid groups (broad SMARTS) is 1. The maximum Gasteiger partial charge on any atom is 0.332 e. The number of carboxylic acids is 1. The van der Waals surface area contributed by atoms with Crippen LogP contribution in [0.2, 0.25) is 0 Å². The molecule has 3 aromatic rings. The van der Waals surface area contributed by atoms with Gasteiger partial charge in [-0.05, 0) is 28.5 Å². The van der Waals surface area contributed by atoms with Crippen LogP contribution in [0.3, 0.4) is 0 Å². The maximum atomic E-state index is 13.6. The number of urea groups is 1. The molecule has 3 amide bonds. The molecule has 156 valence electrons. The van der Waals surface area contributed by atoms with Crippen LogP contribution in [0.25, 0.3) is 10.8 Å². The van der Waals surface area contributed by atoms with Crippen molar-refractivity contribution < 1.29 is 19.5 Å². The number of carbonyl (C=O) groups excluding carboxylic acids is 2. The molecule has 2 N–H and O–H groups in total. The van der Waals surface area contributed by atoms with E-state index in [9.17, 15) is 19.5 Å². The van der Waals surface area contributed by atoms with Gasteiger partial charge in [-0.1, -0.05) is 60.7 Å². The largest absolute Gasteiger partial charge is 0.480 e. The van der Waals surface area contributed by atoms with Crippen molar-refractivity contribution in [2.24, 2.45) is 0 Å². The van der Waals surface area contributed by atoms with Gasteiger partial charge in [-0.25, -0.2) is 9.69 Å². The highest BCUT2D eigenvalue weighted by molar-refractivity contribution is 6.23. The summed E-state index contributed by atoms with van der Waals surface area (Å²) in [5.74, 6) is -1.42. The monoisotopic (exact) mass is 415 g/mol. The molecule has 1 spiro atoms. The first-order valence-electron chi connectivity index (χ1n) is 10.2. The third kappa shape index (κ3) is 2.97. The van der Waals surface area contributed by atoms with Crippen molar-refractivity contribution in [3.63, 3.8) is 0 Å². The zero-order valence-corrected chi connectivity index (χ0v) is 16.7. The van der Waals surface area contributed by atoms with Crippen molar-refractivity contribution in [3.8, 4) is 0 Å². The molecule has 7 heteroatoms. The molecule has 0 unspecified atom stereocenters. The van der Waals surface area contributed by atoms with Gasteiger partial charge < -0.3 is 15.3 Å². The second-order valence-corrected chi connectivity index (χ2v) is 7.99. The van der Waals surface area contributed by atoms with Crippen molar-refractivity contribution in [1.82, 2.24) is 10.2 Å². The van der Waals surface area contributed by atoms with E-state index in [0.29, 0.717) is 5.69 Å². The quantitative estimate of drug-likeness (QED) is 0.640. The van der Waals surface area contributed by atoms with E-state index in [1.807, 2.05) is 48.5 Å². The average molecular weight is 415 g/mol. The number of rotatable bonds is 4. The van der Waals surface area contributed by atoms with E-state index in [2.05, 4.69) is 5.32 Å². The molecule has 0 radical (unpaired) electrons. The summed E-state index contributed by atoms with van der Waals surface area (Å²) in [5, 5.41) is 14.5. The van der Waals surface area contributed by atoms with Crippen LogP contribution in [0.4, 0.5) is 10.5 Å². The lowest BCUT2D eigenvalue weighted by Crippen LogP contribution is -2.51. The van der Waals surface area contributed by atoms with E-state index in [-0.39, 0.29) is 25.4 Å². The Kier molecular flexibility index (Phi) is 4.48. The summed E-state index contributed by atoms with van der Waals surface area (Å²) in [6.07, 6.45) is 0.0288. The van der Waals surface area contributed by atoms with E-state index in [1.165, 1.54) is 4.90 Å². The van der Waals surface area contributed by atoms with Crippen LogP contribution in [-0.4, -0.2) is 46.0 Å². The van der Waals surface area contributed by atoms with Gasteiger partial charge in [0.15, 0.2) is 0 Å². The highest BCUT2D eigenvalue weighted by Crippen LogP contribution is 2.39. The normalized spacial score (nSPS) is 23.3. The van der Waals surface area contributed by atoms with Gasteiger partial charge in [0, 0.05) is 19.5 Å². The molecule has 2 saturated heterocycles. The Labute approximate surface area is 178 Å². The number of nitrogens with zero attached hydrogens (tertiary/aromatic N) is 2. The molecule has 3 aromatic carbocycles. The lowest BCUT2D eigenvalue weighted by atomic mass is 9.92. The predicted octanol–water partition coefficient (Wildman–Crippen LogP) is 2.99. The molecule has 2 heterocycles. The van der Waals surface area contributed by atoms with E-state index in [0.717, 1.165) is 16.3 Å². The highest BCUT2D eigenvalue weighted by Gasteiger charge is 2.61. The first-order chi connectivity index (χ1) is 15.0. The van der Waals surface area contributed by atoms with Gasteiger partial charge in [0.1, 0.15) is 11.6 Å². The standard InChI is InChI=1S/C24H21N3O4/c28-21(29)20-13-24(15-25-20)22(30)27(18-10-2-1-3-11-18)23(31)26(24)14-17-9-6-8-16-7-4-5-12-19(16)17/h1-12,20,25H,13-15H2,(H,28,29)/t20-,24+/m0/s1. The van der Waals surface area contributed by atoms with Gasteiger partial charge in [0.2, 0.25) is 0 Å². The molecule has 2 aliphatic heterocycles. The van der Waals surface area contributed by atoms with Gasteiger partial charge in [-0.3, -0.25) is 9.59 Å². The lowest BCUT2D eigenvalue weighted by Gasteiger charge is -2.31. The highest BCUT2D eigenvalue weighted by atomic mass is 16.4. The fourth-order valence-corrected chi connectivity index (χ4v) is 4.66. The van der Waals surface area contributed by atoms with Crippen molar-refractivity contribution in [1.29, 1.82) is 0 Å². The van der Waals surface area contributed by atoms with Crippen molar-refractivity contribution in [3.05, 3.63) is 78.4 Å². The van der Waals surface area contributed by atoms with Gasteiger partial charge >= 0.3 is 12.0 Å². The number of nitrogens with one attached hydrogen (secondary N) is 1. The minimum atomic E-state index is -1.24. The van der Waals surface area contributed by atoms with Gasteiger partial charge in [-0.2, -0.15) is 0 Å². The summed E-state index contributed by atoms with van der Waals surface area (Å²) < 4.78 is 0. The Morgan fingerprint density at radius 1 is 1.00 bits per heavy atom. The number of hydrogen-bond acceptors (Lipinski definition) is 4. The maximum absolute atomic E-state index is 13.6. The number of imide groups is 1. The van der Waals surface area contributed by atoms with Crippen LogP contribution in [0.1, 0.15) is 12.0 Å². The molecule has 0 saturated carbocycles. The summed E-state index contributed by atoms with van der Waals surface area (Å²) >= 11 is 0. The number of benzene rings is 3. The van der Waals surface area contributed by atoms with Crippen molar-refractivity contribution in [2.45, 2.75) is 24.5 Å². The third-order valence-electron chi connectivity index (χ3n) is 6.24. The Morgan fingerprint density at radius 2 is 1.71 bits per heavy atom. The molecule has 2 fully saturated rings. The fourth-order valence-electron chi connectivity index (χ4n) is 4.66. The first-order valence-corrected chi connectivity index (χ1v) is 10.2. The SMILES string of the molecule is O=C(O)[C@@H]1C[C@@]2(CN1)C(=O)N(c1ccccc1)C(=O)N2Cc1cccc2ccccc12.